The lowest BCUT2D eigenvalue weighted by Crippen LogP contribution is -2.02. The summed E-state index contributed by atoms with van der Waals surface area (Å²) >= 11 is 6.08. The molecule has 0 saturated heterocycles. The van der Waals surface area contributed by atoms with Crippen molar-refractivity contribution in [2.24, 2.45) is 0 Å². The summed E-state index contributed by atoms with van der Waals surface area (Å²) in [5, 5.41) is 10.6. The molecule has 1 unspecified atom stereocenters. The zero-order chi connectivity index (χ0) is 12.4. The topological polar surface area (TPSA) is 20.2 Å². The van der Waals surface area contributed by atoms with Gasteiger partial charge in [0.15, 0.2) is 0 Å². The molecule has 88 valence electrons. The molecule has 0 amide bonds. The highest BCUT2D eigenvalue weighted by Gasteiger charge is 2.16. The molecule has 1 nitrogen and oxygen atoms in total. The van der Waals surface area contributed by atoms with Gasteiger partial charge in [-0.3, -0.25) is 0 Å². The normalized spacial score (nSPS) is 12.5. The fraction of sp³-hybridized carbons (Fsp3) is 0.143. The molecule has 0 bridgehead atoms. The van der Waals surface area contributed by atoms with Crippen LogP contribution in [-0.4, -0.2) is 5.11 Å². The highest BCUT2D eigenvalue weighted by Crippen LogP contribution is 2.31. The zero-order valence-corrected chi connectivity index (χ0v) is 10.1. The highest BCUT2D eigenvalue weighted by molar-refractivity contribution is 6.32. The molecule has 0 heterocycles. The third kappa shape index (κ3) is 2.48. The SMILES string of the molecule is Cc1cc(F)cc(C(O)c2ccccc2)c1Cl. The predicted molar refractivity (Wildman–Crippen MR) is 66.7 cm³/mol. The van der Waals surface area contributed by atoms with Crippen LogP contribution in [0.15, 0.2) is 42.5 Å². The minimum absolute atomic E-state index is 0.392. The van der Waals surface area contributed by atoms with Gasteiger partial charge in [0.2, 0.25) is 0 Å². The van der Waals surface area contributed by atoms with Gasteiger partial charge in [0, 0.05) is 10.6 Å². The van der Waals surface area contributed by atoms with Crippen molar-refractivity contribution < 1.29 is 9.50 Å². The second-order valence-electron chi connectivity index (χ2n) is 3.94. The number of aliphatic hydroxyl groups excluding tert-OH is 1. The van der Waals surface area contributed by atoms with Gasteiger partial charge in [0.25, 0.3) is 0 Å². The lowest BCUT2D eigenvalue weighted by molar-refractivity contribution is 0.220. The Bertz CT molecular complexity index is 525. The quantitative estimate of drug-likeness (QED) is 0.858. The Labute approximate surface area is 104 Å². The summed E-state index contributed by atoms with van der Waals surface area (Å²) in [6.07, 6.45) is -0.905. The number of aryl methyl sites for hydroxylation is 1. The molecule has 0 radical (unpaired) electrons. The van der Waals surface area contributed by atoms with Crippen LogP contribution in [0.3, 0.4) is 0 Å². The average molecular weight is 251 g/mol. The molecule has 0 aliphatic carbocycles. The van der Waals surface area contributed by atoms with E-state index in [1.54, 1.807) is 19.1 Å². The predicted octanol–water partition coefficient (Wildman–Crippen LogP) is 3.87. The van der Waals surface area contributed by atoms with E-state index in [2.05, 4.69) is 0 Å². The molecule has 3 heteroatoms. The second-order valence-corrected chi connectivity index (χ2v) is 4.32. The van der Waals surface area contributed by atoms with Crippen LogP contribution in [0.4, 0.5) is 4.39 Å². The van der Waals surface area contributed by atoms with E-state index >= 15 is 0 Å². The van der Waals surface area contributed by atoms with Crippen molar-refractivity contribution in [2.45, 2.75) is 13.0 Å². The molecular formula is C14H12ClFO. The van der Waals surface area contributed by atoms with Gasteiger partial charge in [0.1, 0.15) is 11.9 Å². The van der Waals surface area contributed by atoms with E-state index in [1.807, 2.05) is 18.2 Å². The molecule has 1 atom stereocenters. The Morgan fingerprint density at radius 1 is 1.18 bits per heavy atom. The van der Waals surface area contributed by atoms with Crippen LogP contribution >= 0.6 is 11.6 Å². The summed E-state index contributed by atoms with van der Waals surface area (Å²) in [6, 6.07) is 11.7. The van der Waals surface area contributed by atoms with Crippen LogP contribution in [0.2, 0.25) is 5.02 Å². The Morgan fingerprint density at radius 2 is 1.82 bits per heavy atom. The van der Waals surface area contributed by atoms with E-state index in [9.17, 15) is 9.50 Å². The summed E-state index contributed by atoms with van der Waals surface area (Å²) in [4.78, 5) is 0. The summed E-state index contributed by atoms with van der Waals surface area (Å²) in [7, 11) is 0. The summed E-state index contributed by atoms with van der Waals surface area (Å²) in [5.74, 6) is -0.392. The van der Waals surface area contributed by atoms with Crippen molar-refractivity contribution >= 4 is 11.6 Å². The summed E-state index contributed by atoms with van der Waals surface area (Å²) in [5.41, 5.74) is 1.71. The molecule has 2 rings (SSSR count). The minimum atomic E-state index is -0.905. The van der Waals surface area contributed by atoms with E-state index in [1.165, 1.54) is 12.1 Å². The van der Waals surface area contributed by atoms with Crippen molar-refractivity contribution in [1.29, 1.82) is 0 Å². The minimum Gasteiger partial charge on any atom is -0.384 e. The maximum absolute atomic E-state index is 13.3. The van der Waals surface area contributed by atoms with Crippen molar-refractivity contribution in [2.75, 3.05) is 0 Å². The van der Waals surface area contributed by atoms with Crippen LogP contribution in [0.1, 0.15) is 22.8 Å². The number of halogens is 2. The monoisotopic (exact) mass is 250 g/mol. The molecule has 0 saturated carbocycles. The van der Waals surface area contributed by atoms with Gasteiger partial charge in [-0.15, -0.1) is 0 Å². The average Bonchev–Trinajstić information content (AvgIpc) is 2.34. The second kappa shape index (κ2) is 4.86. The fourth-order valence-corrected chi connectivity index (χ4v) is 1.98. The van der Waals surface area contributed by atoms with Crippen molar-refractivity contribution in [1.82, 2.24) is 0 Å². The number of aliphatic hydroxyl groups is 1. The first-order valence-electron chi connectivity index (χ1n) is 5.28. The maximum Gasteiger partial charge on any atom is 0.123 e. The van der Waals surface area contributed by atoms with Crippen molar-refractivity contribution in [3.8, 4) is 0 Å². The number of rotatable bonds is 2. The van der Waals surface area contributed by atoms with E-state index in [0.29, 0.717) is 21.7 Å². The van der Waals surface area contributed by atoms with E-state index in [0.717, 1.165) is 0 Å². The van der Waals surface area contributed by atoms with Gasteiger partial charge in [-0.2, -0.15) is 0 Å². The van der Waals surface area contributed by atoms with Gasteiger partial charge in [-0.05, 0) is 30.2 Å². The molecule has 2 aromatic rings. The Kier molecular flexibility index (Phi) is 3.46. The third-order valence-corrected chi connectivity index (χ3v) is 3.17. The molecule has 0 spiro atoms. The van der Waals surface area contributed by atoms with Crippen LogP contribution in [0.25, 0.3) is 0 Å². The highest BCUT2D eigenvalue weighted by atomic mass is 35.5. The van der Waals surface area contributed by atoms with Crippen LogP contribution in [0.5, 0.6) is 0 Å². The number of hydrogen-bond acceptors (Lipinski definition) is 1. The fourth-order valence-electron chi connectivity index (χ4n) is 1.77. The van der Waals surface area contributed by atoms with Gasteiger partial charge in [-0.25, -0.2) is 4.39 Å². The van der Waals surface area contributed by atoms with E-state index in [4.69, 9.17) is 11.6 Å². The van der Waals surface area contributed by atoms with Crippen molar-refractivity contribution in [3.05, 3.63) is 70.0 Å². The van der Waals surface area contributed by atoms with Crippen LogP contribution < -0.4 is 0 Å². The largest absolute Gasteiger partial charge is 0.384 e. The lowest BCUT2D eigenvalue weighted by atomic mass is 10.00. The van der Waals surface area contributed by atoms with Gasteiger partial charge >= 0.3 is 0 Å². The number of benzene rings is 2. The van der Waals surface area contributed by atoms with Gasteiger partial charge in [0.05, 0.1) is 0 Å². The van der Waals surface area contributed by atoms with E-state index < -0.39 is 11.9 Å². The molecular weight excluding hydrogens is 239 g/mol. The first kappa shape index (κ1) is 12.1. The number of hydrogen-bond donors (Lipinski definition) is 1. The first-order chi connectivity index (χ1) is 8.09. The molecule has 0 fully saturated rings. The van der Waals surface area contributed by atoms with Crippen molar-refractivity contribution in [3.63, 3.8) is 0 Å². The van der Waals surface area contributed by atoms with Crippen LogP contribution in [0, 0.1) is 12.7 Å². The molecule has 1 N–H and O–H groups in total. The Balaban J connectivity index is 2.48. The Morgan fingerprint density at radius 3 is 2.47 bits per heavy atom. The Hall–Kier alpha value is -1.38. The van der Waals surface area contributed by atoms with Gasteiger partial charge < -0.3 is 5.11 Å². The van der Waals surface area contributed by atoms with Gasteiger partial charge in [-0.1, -0.05) is 41.9 Å². The maximum atomic E-state index is 13.3. The molecule has 0 aliphatic heterocycles. The standard InChI is InChI=1S/C14H12ClFO/c1-9-7-11(16)8-12(13(9)15)14(17)10-5-3-2-4-6-10/h2-8,14,17H,1H3. The lowest BCUT2D eigenvalue weighted by Gasteiger charge is -2.14. The molecule has 0 aliphatic rings. The smallest absolute Gasteiger partial charge is 0.123 e. The molecule has 0 aromatic heterocycles. The molecule has 17 heavy (non-hydrogen) atoms. The summed E-state index contributed by atoms with van der Waals surface area (Å²) in [6.45, 7) is 1.71. The van der Waals surface area contributed by atoms with Crippen LogP contribution in [-0.2, 0) is 0 Å². The zero-order valence-electron chi connectivity index (χ0n) is 9.32. The molecule has 2 aromatic carbocycles. The summed E-state index contributed by atoms with van der Waals surface area (Å²) < 4.78 is 13.3. The third-order valence-electron chi connectivity index (χ3n) is 2.66. The van der Waals surface area contributed by atoms with E-state index in [-0.39, 0.29) is 0 Å². The first-order valence-corrected chi connectivity index (χ1v) is 5.66.